The van der Waals surface area contributed by atoms with E-state index in [1.165, 1.54) is 30.9 Å². The predicted octanol–water partition coefficient (Wildman–Crippen LogP) is 2.13. The Bertz CT molecular complexity index is 967. The highest BCUT2D eigenvalue weighted by atomic mass is 19.2. The number of carbonyl (C=O) groups excluding carboxylic acids is 1. The summed E-state index contributed by atoms with van der Waals surface area (Å²) in [7, 11) is 0. The van der Waals surface area contributed by atoms with Gasteiger partial charge in [0.15, 0.2) is 23.1 Å². The van der Waals surface area contributed by atoms with Crippen molar-refractivity contribution in [3.63, 3.8) is 0 Å². The summed E-state index contributed by atoms with van der Waals surface area (Å²) >= 11 is 0. The molecule has 0 bridgehead atoms. The van der Waals surface area contributed by atoms with Gasteiger partial charge in [-0.2, -0.15) is 5.10 Å². The summed E-state index contributed by atoms with van der Waals surface area (Å²) in [6.45, 7) is 3.07. The number of halogens is 3. The largest absolute Gasteiger partial charge is 0.368 e. The van der Waals surface area contributed by atoms with E-state index in [1.54, 1.807) is 0 Å². The molecule has 3 rings (SSSR count). The summed E-state index contributed by atoms with van der Waals surface area (Å²) in [5.74, 6) is -4.92. The fraction of sp³-hybridized carbons (Fsp3) is 0.200. The van der Waals surface area contributed by atoms with Gasteiger partial charge in [0.05, 0.1) is 18.1 Å². The van der Waals surface area contributed by atoms with Gasteiger partial charge in [-0.05, 0) is 26.0 Å². The van der Waals surface area contributed by atoms with E-state index < -0.39 is 28.9 Å². The lowest BCUT2D eigenvalue weighted by molar-refractivity contribution is -0.125. The number of primary amides is 1. The van der Waals surface area contributed by atoms with Crippen molar-refractivity contribution in [2.75, 3.05) is 0 Å². The van der Waals surface area contributed by atoms with Gasteiger partial charge in [-0.25, -0.2) is 27.8 Å². The Morgan fingerprint density at radius 3 is 2.54 bits per heavy atom. The maximum absolute atomic E-state index is 14.0. The molecule has 0 saturated carbocycles. The van der Waals surface area contributed by atoms with Gasteiger partial charge in [-0.3, -0.25) is 4.79 Å². The van der Waals surface area contributed by atoms with E-state index in [9.17, 15) is 18.0 Å². The number of amides is 1. The summed E-state index contributed by atoms with van der Waals surface area (Å²) in [5.41, 5.74) is 4.38. The van der Waals surface area contributed by atoms with Gasteiger partial charge in [-0.15, -0.1) is 0 Å². The zero-order valence-electron chi connectivity index (χ0n) is 12.7. The van der Waals surface area contributed by atoms with Gasteiger partial charge in [0.25, 0.3) is 0 Å². The average Bonchev–Trinajstić information content (AvgIpc) is 2.96. The molecule has 2 N–H and O–H groups in total. The second-order valence-corrected chi connectivity index (χ2v) is 5.67. The molecule has 2 aromatic heterocycles. The Hall–Kier alpha value is -2.97. The summed E-state index contributed by atoms with van der Waals surface area (Å²) in [5, 5.41) is 4.04. The number of nitrogens with zero attached hydrogens (tertiary/aromatic N) is 4. The molecular formula is C15H12F3N5O. The van der Waals surface area contributed by atoms with E-state index in [0.717, 1.165) is 12.1 Å². The van der Waals surface area contributed by atoms with Crippen LogP contribution in [0.4, 0.5) is 13.2 Å². The second kappa shape index (κ2) is 5.29. The average molecular weight is 335 g/mol. The fourth-order valence-electron chi connectivity index (χ4n) is 2.17. The molecule has 9 heteroatoms. The highest BCUT2D eigenvalue weighted by molar-refractivity contribution is 5.84. The normalized spacial score (nSPS) is 11.9. The number of hydrogen-bond donors (Lipinski definition) is 1. The number of nitrogens with two attached hydrogens (primary N) is 1. The molecule has 24 heavy (non-hydrogen) atoms. The Labute approximate surface area is 134 Å². The minimum Gasteiger partial charge on any atom is -0.368 e. The van der Waals surface area contributed by atoms with Gasteiger partial charge in [0, 0.05) is 5.56 Å². The molecule has 0 aliphatic carbocycles. The van der Waals surface area contributed by atoms with Gasteiger partial charge in [-0.1, -0.05) is 0 Å². The van der Waals surface area contributed by atoms with Crippen molar-refractivity contribution in [1.29, 1.82) is 0 Å². The summed E-state index contributed by atoms with van der Waals surface area (Å²) in [6, 6.07) is 1.85. The first kappa shape index (κ1) is 15.9. The van der Waals surface area contributed by atoms with Gasteiger partial charge < -0.3 is 5.73 Å². The minimum atomic E-state index is -1.60. The number of benzene rings is 1. The SMILES string of the molecule is CC(C)(C(N)=O)n1ncc2ncc(-c3ccc(F)c(F)c3F)nc21. The Balaban J connectivity index is 2.23. The van der Waals surface area contributed by atoms with E-state index >= 15 is 0 Å². The number of rotatable bonds is 3. The van der Waals surface area contributed by atoms with Crippen molar-refractivity contribution >= 4 is 17.1 Å². The third-order valence-corrected chi connectivity index (χ3v) is 3.72. The first-order chi connectivity index (χ1) is 11.2. The standard InChI is InChI=1S/C15H12F3N5O/c1-15(2,14(19)24)23-13-10(6-21-23)20-5-9(22-13)7-3-4-8(16)12(18)11(7)17/h3-6H,1-2H3,(H2,19,24). The van der Waals surface area contributed by atoms with Gasteiger partial charge in [0.1, 0.15) is 11.1 Å². The van der Waals surface area contributed by atoms with Crippen molar-refractivity contribution in [3.8, 4) is 11.3 Å². The minimum absolute atomic E-state index is 0.0269. The van der Waals surface area contributed by atoms with Crippen molar-refractivity contribution in [2.45, 2.75) is 19.4 Å². The van der Waals surface area contributed by atoms with E-state index in [0.29, 0.717) is 5.52 Å². The Morgan fingerprint density at radius 1 is 1.17 bits per heavy atom. The summed E-state index contributed by atoms with van der Waals surface area (Å²) in [4.78, 5) is 19.9. The van der Waals surface area contributed by atoms with Crippen LogP contribution in [0.25, 0.3) is 22.4 Å². The zero-order chi connectivity index (χ0) is 17.6. The van der Waals surface area contributed by atoms with E-state index in [1.807, 2.05) is 0 Å². The van der Waals surface area contributed by atoms with E-state index in [2.05, 4.69) is 15.1 Å². The van der Waals surface area contributed by atoms with Gasteiger partial charge >= 0.3 is 0 Å². The monoisotopic (exact) mass is 335 g/mol. The third kappa shape index (κ3) is 2.29. The fourth-order valence-corrected chi connectivity index (χ4v) is 2.17. The smallest absolute Gasteiger partial charge is 0.244 e. The van der Waals surface area contributed by atoms with Gasteiger partial charge in [0.2, 0.25) is 5.91 Å². The maximum atomic E-state index is 14.0. The molecule has 1 amide bonds. The predicted molar refractivity (Wildman–Crippen MR) is 79.1 cm³/mol. The second-order valence-electron chi connectivity index (χ2n) is 5.67. The molecular weight excluding hydrogens is 323 g/mol. The van der Waals surface area contributed by atoms with E-state index in [-0.39, 0.29) is 16.9 Å². The molecule has 0 atom stereocenters. The molecule has 124 valence electrons. The molecule has 0 aliphatic rings. The summed E-state index contributed by atoms with van der Waals surface area (Å²) < 4.78 is 41.7. The van der Waals surface area contributed by atoms with E-state index in [4.69, 9.17) is 5.73 Å². The Morgan fingerprint density at radius 2 is 1.88 bits per heavy atom. The molecule has 0 unspecified atom stereocenters. The lowest BCUT2D eigenvalue weighted by Crippen LogP contribution is -2.41. The van der Waals surface area contributed by atoms with Crippen LogP contribution in [0.2, 0.25) is 0 Å². The van der Waals surface area contributed by atoms with Crippen LogP contribution in [0.3, 0.4) is 0 Å². The molecule has 0 radical (unpaired) electrons. The molecule has 2 heterocycles. The highest BCUT2D eigenvalue weighted by Crippen LogP contribution is 2.26. The first-order valence-corrected chi connectivity index (χ1v) is 6.88. The number of aromatic nitrogens is 4. The van der Waals surface area contributed by atoms with Crippen LogP contribution in [-0.4, -0.2) is 25.7 Å². The zero-order valence-corrected chi connectivity index (χ0v) is 12.7. The molecule has 0 aliphatic heterocycles. The number of hydrogen-bond acceptors (Lipinski definition) is 4. The summed E-state index contributed by atoms with van der Waals surface area (Å²) in [6.07, 6.45) is 2.58. The van der Waals surface area contributed by atoms with Crippen molar-refractivity contribution in [3.05, 3.63) is 42.0 Å². The highest BCUT2D eigenvalue weighted by Gasteiger charge is 2.30. The lowest BCUT2D eigenvalue weighted by Gasteiger charge is -2.21. The van der Waals surface area contributed by atoms with Crippen molar-refractivity contribution < 1.29 is 18.0 Å². The van der Waals surface area contributed by atoms with Crippen LogP contribution in [-0.2, 0) is 10.3 Å². The molecule has 3 aromatic rings. The number of carbonyl (C=O) groups is 1. The topological polar surface area (TPSA) is 86.7 Å². The number of fused-ring (bicyclic) bond motifs is 1. The molecule has 1 aromatic carbocycles. The first-order valence-electron chi connectivity index (χ1n) is 6.88. The van der Waals surface area contributed by atoms with Crippen LogP contribution < -0.4 is 5.73 Å². The van der Waals surface area contributed by atoms with Crippen molar-refractivity contribution in [1.82, 2.24) is 19.7 Å². The van der Waals surface area contributed by atoms with Crippen LogP contribution in [0.15, 0.2) is 24.5 Å². The molecule has 0 spiro atoms. The van der Waals surface area contributed by atoms with Crippen molar-refractivity contribution in [2.24, 2.45) is 5.73 Å². The maximum Gasteiger partial charge on any atom is 0.244 e. The van der Waals surface area contributed by atoms with Crippen LogP contribution in [0, 0.1) is 17.5 Å². The molecule has 0 fully saturated rings. The third-order valence-electron chi connectivity index (χ3n) is 3.72. The van der Waals surface area contributed by atoms with Crippen LogP contribution >= 0.6 is 0 Å². The Kier molecular flexibility index (Phi) is 3.51. The van der Waals surface area contributed by atoms with Crippen LogP contribution in [0.1, 0.15) is 13.8 Å². The molecule has 6 nitrogen and oxygen atoms in total. The van der Waals surface area contributed by atoms with Crippen LogP contribution in [0.5, 0.6) is 0 Å². The lowest BCUT2D eigenvalue weighted by atomic mass is 10.1. The molecule has 0 saturated heterocycles. The quantitative estimate of drug-likeness (QED) is 0.743.